The minimum absolute atomic E-state index is 0.0759. The van der Waals surface area contributed by atoms with Crippen molar-refractivity contribution in [2.75, 3.05) is 13.2 Å². The third kappa shape index (κ3) is 4.87. The number of amides is 1. The Kier molecular flexibility index (Phi) is 5.92. The average molecular weight is 430 g/mol. The first-order valence-electron chi connectivity index (χ1n) is 9.97. The van der Waals surface area contributed by atoms with Gasteiger partial charge in [-0.25, -0.2) is 0 Å². The molecule has 1 saturated heterocycles. The Labute approximate surface area is 177 Å². The van der Waals surface area contributed by atoms with Crippen molar-refractivity contribution in [3.63, 3.8) is 0 Å². The minimum atomic E-state index is -4.40. The number of carbonyl (C=O) groups is 1. The summed E-state index contributed by atoms with van der Waals surface area (Å²) in [4.78, 5) is 18.6. The normalized spacial score (nSPS) is 16.5. The molecular weight excluding hydrogens is 409 g/mol. The second-order valence-corrected chi connectivity index (χ2v) is 7.34. The summed E-state index contributed by atoms with van der Waals surface area (Å²) in [6.07, 6.45) is 0.928. The van der Waals surface area contributed by atoms with Crippen LogP contribution in [0.4, 0.5) is 13.2 Å². The van der Waals surface area contributed by atoms with Crippen molar-refractivity contribution in [3.8, 4) is 5.75 Å². The summed E-state index contributed by atoms with van der Waals surface area (Å²) in [6.45, 7) is 0.852. The van der Waals surface area contributed by atoms with Crippen LogP contribution < -0.4 is 4.74 Å². The number of likely N-dealkylation sites (tertiary alicyclic amines) is 1. The number of benzene rings is 1. The van der Waals surface area contributed by atoms with Crippen molar-refractivity contribution < 1.29 is 22.7 Å². The quantitative estimate of drug-likeness (QED) is 0.628. The zero-order valence-electron chi connectivity index (χ0n) is 16.6. The predicted molar refractivity (Wildman–Crippen MR) is 106 cm³/mol. The van der Waals surface area contributed by atoms with Crippen molar-refractivity contribution in [2.45, 2.75) is 31.5 Å². The number of hydrogen-bond acceptors (Lipinski definition) is 4. The molecule has 162 valence electrons. The van der Waals surface area contributed by atoms with Crippen LogP contribution in [0, 0.1) is 0 Å². The van der Waals surface area contributed by atoms with Gasteiger partial charge in [0.1, 0.15) is 5.75 Å². The highest BCUT2D eigenvalue weighted by Crippen LogP contribution is 2.33. The molecule has 1 aromatic carbocycles. The third-order valence-corrected chi connectivity index (χ3v) is 5.22. The fraction of sp³-hybridized carbons (Fsp3) is 0.318. The zero-order chi connectivity index (χ0) is 21.8. The van der Waals surface area contributed by atoms with E-state index in [1.165, 1.54) is 12.1 Å². The summed E-state index contributed by atoms with van der Waals surface area (Å²) in [5.41, 5.74) is 1.36. The number of aromatic amines is 1. The molecule has 3 heterocycles. The van der Waals surface area contributed by atoms with E-state index < -0.39 is 11.7 Å². The fourth-order valence-corrected chi connectivity index (χ4v) is 3.69. The highest BCUT2D eigenvalue weighted by molar-refractivity contribution is 5.94. The first-order chi connectivity index (χ1) is 14.9. The van der Waals surface area contributed by atoms with Gasteiger partial charge in [0.05, 0.1) is 29.5 Å². The van der Waals surface area contributed by atoms with Crippen molar-refractivity contribution in [1.82, 2.24) is 20.1 Å². The van der Waals surface area contributed by atoms with Crippen LogP contribution in [-0.2, 0) is 12.6 Å². The molecule has 31 heavy (non-hydrogen) atoms. The van der Waals surface area contributed by atoms with Gasteiger partial charge in [-0.15, -0.1) is 0 Å². The molecule has 9 heteroatoms. The molecule has 0 bridgehead atoms. The van der Waals surface area contributed by atoms with E-state index in [4.69, 9.17) is 4.74 Å². The van der Waals surface area contributed by atoms with Crippen LogP contribution in [0.2, 0.25) is 0 Å². The lowest BCUT2D eigenvalue weighted by atomic mass is 10.1. The predicted octanol–water partition coefficient (Wildman–Crippen LogP) is 4.42. The molecule has 2 aromatic heterocycles. The maximum atomic E-state index is 12.8. The van der Waals surface area contributed by atoms with Crippen LogP contribution in [0.3, 0.4) is 0 Å². The molecule has 0 spiro atoms. The Morgan fingerprint density at radius 1 is 1.23 bits per heavy atom. The molecule has 4 rings (SSSR count). The molecule has 1 amide bonds. The first-order valence-corrected chi connectivity index (χ1v) is 9.97. The van der Waals surface area contributed by atoms with Crippen molar-refractivity contribution in [3.05, 3.63) is 77.4 Å². The second kappa shape index (κ2) is 8.79. The highest BCUT2D eigenvalue weighted by atomic mass is 19.4. The molecule has 6 nitrogen and oxygen atoms in total. The molecule has 0 aliphatic carbocycles. The first kappa shape index (κ1) is 20.9. The Morgan fingerprint density at radius 3 is 2.87 bits per heavy atom. The van der Waals surface area contributed by atoms with Crippen molar-refractivity contribution in [1.29, 1.82) is 0 Å². The van der Waals surface area contributed by atoms with Gasteiger partial charge in [0.2, 0.25) is 0 Å². The molecule has 1 fully saturated rings. The molecule has 3 aromatic rings. The van der Waals surface area contributed by atoms with Crippen LogP contribution in [-0.4, -0.2) is 39.1 Å². The van der Waals surface area contributed by atoms with Crippen LogP contribution in [0.1, 0.15) is 46.2 Å². The van der Waals surface area contributed by atoms with Gasteiger partial charge in [-0.05, 0) is 49.2 Å². The van der Waals surface area contributed by atoms with Crippen molar-refractivity contribution in [2.24, 2.45) is 0 Å². The van der Waals surface area contributed by atoms with Gasteiger partial charge in [0.25, 0.3) is 5.91 Å². The molecule has 1 aliphatic heterocycles. The van der Waals surface area contributed by atoms with Gasteiger partial charge >= 0.3 is 6.18 Å². The van der Waals surface area contributed by atoms with Crippen LogP contribution in [0.15, 0.2) is 54.9 Å². The van der Waals surface area contributed by atoms with Gasteiger partial charge in [0, 0.05) is 31.1 Å². The molecule has 1 N–H and O–H groups in total. The van der Waals surface area contributed by atoms with Gasteiger partial charge in [-0.1, -0.05) is 6.07 Å². The number of aromatic nitrogens is 3. The number of hydrogen-bond donors (Lipinski definition) is 1. The summed E-state index contributed by atoms with van der Waals surface area (Å²) in [5, 5.41) is 7.30. The molecule has 1 atom stereocenters. The smallest absolute Gasteiger partial charge is 0.416 e. The van der Waals surface area contributed by atoms with E-state index in [2.05, 4.69) is 15.2 Å². The van der Waals surface area contributed by atoms with E-state index in [1.54, 1.807) is 29.4 Å². The molecule has 0 unspecified atom stereocenters. The summed E-state index contributed by atoms with van der Waals surface area (Å²) >= 11 is 0. The molecule has 0 saturated carbocycles. The number of halogens is 3. The van der Waals surface area contributed by atoms with E-state index in [0.29, 0.717) is 18.5 Å². The summed E-state index contributed by atoms with van der Waals surface area (Å²) in [6, 6.07) is 10.0. The number of ether oxygens (including phenoxy) is 1. The number of nitrogens with zero attached hydrogens (tertiary/aromatic N) is 3. The largest absolute Gasteiger partial charge is 0.493 e. The number of pyridine rings is 1. The monoisotopic (exact) mass is 430 g/mol. The van der Waals surface area contributed by atoms with E-state index in [9.17, 15) is 18.0 Å². The molecular formula is C22H21F3N4O2. The number of rotatable bonds is 6. The number of nitrogens with one attached hydrogen (secondary N) is 1. The van der Waals surface area contributed by atoms with Crippen LogP contribution in [0.5, 0.6) is 5.75 Å². The van der Waals surface area contributed by atoms with Gasteiger partial charge in [0.15, 0.2) is 0 Å². The summed E-state index contributed by atoms with van der Waals surface area (Å²) < 4.78 is 43.9. The standard InChI is InChI=1S/C22H21F3N4O2/c23-22(24,25)16-5-1-6-18(12-16)31-11-8-17-13-19(28-27-17)20-7-3-10-29(20)21(30)15-4-2-9-26-14-15/h1-2,4-6,9,12-14,20H,3,7-8,10-11H2,(H,27,28)/t20-/m1/s1. The molecule has 0 radical (unpaired) electrons. The Balaban J connectivity index is 1.37. The SMILES string of the molecule is O=C(c1cccnc1)N1CCC[C@@H]1c1cc(CCOc2cccc(C(F)(F)F)c2)[nH]n1. The maximum absolute atomic E-state index is 12.8. The molecule has 1 aliphatic rings. The fourth-order valence-electron chi connectivity index (χ4n) is 3.69. The van der Waals surface area contributed by atoms with Gasteiger partial charge in [-0.3, -0.25) is 14.9 Å². The van der Waals surface area contributed by atoms with Gasteiger partial charge in [-0.2, -0.15) is 18.3 Å². The maximum Gasteiger partial charge on any atom is 0.416 e. The number of alkyl halides is 3. The van der Waals surface area contributed by atoms with E-state index in [-0.39, 0.29) is 24.3 Å². The topological polar surface area (TPSA) is 71.1 Å². The third-order valence-electron chi connectivity index (χ3n) is 5.22. The lowest BCUT2D eigenvalue weighted by Gasteiger charge is -2.23. The lowest BCUT2D eigenvalue weighted by Crippen LogP contribution is -2.30. The second-order valence-electron chi connectivity index (χ2n) is 7.34. The van der Waals surface area contributed by atoms with Crippen LogP contribution >= 0.6 is 0 Å². The highest BCUT2D eigenvalue weighted by Gasteiger charge is 2.32. The van der Waals surface area contributed by atoms with Crippen LogP contribution in [0.25, 0.3) is 0 Å². The number of carbonyl (C=O) groups excluding carboxylic acids is 1. The van der Waals surface area contributed by atoms with E-state index in [1.807, 2.05) is 6.07 Å². The lowest BCUT2D eigenvalue weighted by molar-refractivity contribution is -0.137. The van der Waals surface area contributed by atoms with E-state index in [0.717, 1.165) is 36.4 Å². The number of H-pyrrole nitrogens is 1. The zero-order valence-corrected chi connectivity index (χ0v) is 16.6. The average Bonchev–Trinajstić information content (AvgIpc) is 3.43. The minimum Gasteiger partial charge on any atom is -0.493 e. The Bertz CT molecular complexity index is 1040. The van der Waals surface area contributed by atoms with Crippen molar-refractivity contribution >= 4 is 5.91 Å². The summed E-state index contributed by atoms with van der Waals surface area (Å²) in [7, 11) is 0. The van der Waals surface area contributed by atoms with E-state index >= 15 is 0 Å². The Hall–Kier alpha value is -3.36. The Morgan fingerprint density at radius 2 is 2.10 bits per heavy atom. The summed E-state index contributed by atoms with van der Waals surface area (Å²) in [5.74, 6) is 0.0895. The van der Waals surface area contributed by atoms with Gasteiger partial charge < -0.3 is 9.64 Å².